The minimum atomic E-state index is -0.496. The molecule has 1 unspecified atom stereocenters. The summed E-state index contributed by atoms with van der Waals surface area (Å²) in [5, 5.41) is 5.38. The Kier molecular flexibility index (Phi) is 5.59. The van der Waals surface area contributed by atoms with Crippen LogP contribution in [0.25, 0.3) is 0 Å². The van der Waals surface area contributed by atoms with Crippen molar-refractivity contribution in [1.82, 2.24) is 10.6 Å². The number of likely N-dealkylation sites (N-methyl/N-ethyl adjacent to an activating group) is 1. The maximum Gasteiger partial charge on any atom is 0.242 e. The number of carbonyl (C=O) groups is 2. The summed E-state index contributed by atoms with van der Waals surface area (Å²) in [6.07, 6.45) is 5.50. The summed E-state index contributed by atoms with van der Waals surface area (Å²) in [5.41, 5.74) is 5.84. The Morgan fingerprint density at radius 1 is 1.28 bits per heavy atom. The normalized spacial score (nSPS) is 19.9. The van der Waals surface area contributed by atoms with Gasteiger partial charge in [0.25, 0.3) is 0 Å². The minimum absolute atomic E-state index is 0.127. The van der Waals surface area contributed by atoms with E-state index in [9.17, 15) is 9.59 Å². The largest absolute Gasteiger partial charge is 0.355 e. The van der Waals surface area contributed by atoms with Crippen LogP contribution in [0.4, 0.5) is 0 Å². The Morgan fingerprint density at radius 2 is 1.89 bits per heavy atom. The monoisotopic (exact) mass is 255 g/mol. The van der Waals surface area contributed by atoms with Gasteiger partial charge < -0.3 is 16.4 Å². The van der Waals surface area contributed by atoms with Crippen LogP contribution in [0, 0.1) is 0 Å². The van der Waals surface area contributed by atoms with Crippen LogP contribution < -0.4 is 16.4 Å². The van der Waals surface area contributed by atoms with Crippen molar-refractivity contribution in [2.45, 2.75) is 64.0 Å². The second-order valence-corrected chi connectivity index (χ2v) is 5.28. The Morgan fingerprint density at radius 3 is 2.44 bits per heavy atom. The van der Waals surface area contributed by atoms with E-state index < -0.39 is 6.04 Å². The molecule has 1 aliphatic rings. The first-order valence-corrected chi connectivity index (χ1v) is 6.83. The van der Waals surface area contributed by atoms with Crippen LogP contribution in [0.1, 0.15) is 52.4 Å². The summed E-state index contributed by atoms with van der Waals surface area (Å²) in [5.74, 6) is -0.279. The molecule has 0 aliphatic heterocycles. The van der Waals surface area contributed by atoms with Gasteiger partial charge in [0.2, 0.25) is 11.8 Å². The summed E-state index contributed by atoms with van der Waals surface area (Å²) in [6, 6.07) is -0.496. The zero-order chi connectivity index (χ0) is 13.6. The van der Waals surface area contributed by atoms with Crippen molar-refractivity contribution in [1.29, 1.82) is 0 Å². The molecule has 0 aromatic carbocycles. The predicted octanol–water partition coefficient (Wildman–Crippen LogP) is 0.679. The highest BCUT2D eigenvalue weighted by Crippen LogP contribution is 2.28. The summed E-state index contributed by atoms with van der Waals surface area (Å²) in [6.45, 7) is 4.11. The number of nitrogens with one attached hydrogen (secondary N) is 2. The highest BCUT2D eigenvalue weighted by atomic mass is 16.2. The number of rotatable bonds is 5. The molecule has 0 spiro atoms. The SMILES string of the molecule is CCNC(=O)C(C)NC(=O)CC1(N)CCCCC1. The van der Waals surface area contributed by atoms with Crippen LogP contribution in [0.15, 0.2) is 0 Å². The quantitative estimate of drug-likeness (QED) is 0.675. The van der Waals surface area contributed by atoms with E-state index in [1.165, 1.54) is 6.42 Å². The molecule has 104 valence electrons. The van der Waals surface area contributed by atoms with Gasteiger partial charge in [0.1, 0.15) is 6.04 Å². The van der Waals surface area contributed by atoms with Gasteiger partial charge in [0.15, 0.2) is 0 Å². The van der Waals surface area contributed by atoms with Gasteiger partial charge in [-0.05, 0) is 26.7 Å². The van der Waals surface area contributed by atoms with Crippen molar-refractivity contribution in [3.8, 4) is 0 Å². The molecule has 0 heterocycles. The summed E-state index contributed by atoms with van der Waals surface area (Å²) in [4.78, 5) is 23.4. The molecule has 2 amide bonds. The second-order valence-electron chi connectivity index (χ2n) is 5.28. The Hall–Kier alpha value is -1.10. The van der Waals surface area contributed by atoms with Crippen LogP contribution in [-0.4, -0.2) is 29.9 Å². The molecule has 4 N–H and O–H groups in total. The van der Waals surface area contributed by atoms with Crippen molar-refractivity contribution in [3.05, 3.63) is 0 Å². The third kappa shape index (κ3) is 4.64. The molecule has 1 atom stereocenters. The van der Waals surface area contributed by atoms with Gasteiger partial charge in [0.05, 0.1) is 0 Å². The fraction of sp³-hybridized carbons (Fsp3) is 0.846. The molecule has 1 fully saturated rings. The van der Waals surface area contributed by atoms with Crippen molar-refractivity contribution in [2.75, 3.05) is 6.54 Å². The maximum absolute atomic E-state index is 11.9. The molecule has 0 radical (unpaired) electrons. The van der Waals surface area contributed by atoms with Crippen LogP contribution in [0.2, 0.25) is 0 Å². The van der Waals surface area contributed by atoms with Gasteiger partial charge in [-0.15, -0.1) is 0 Å². The van der Waals surface area contributed by atoms with Crippen LogP contribution in [-0.2, 0) is 9.59 Å². The highest BCUT2D eigenvalue weighted by Gasteiger charge is 2.30. The summed E-state index contributed by atoms with van der Waals surface area (Å²) in [7, 11) is 0. The first-order chi connectivity index (χ1) is 8.47. The smallest absolute Gasteiger partial charge is 0.242 e. The van der Waals surface area contributed by atoms with E-state index in [0.717, 1.165) is 25.7 Å². The van der Waals surface area contributed by atoms with Gasteiger partial charge in [-0.25, -0.2) is 0 Å². The molecular formula is C13H25N3O2. The molecule has 0 aromatic heterocycles. The molecule has 0 aromatic rings. The molecule has 0 bridgehead atoms. The van der Waals surface area contributed by atoms with Crippen LogP contribution >= 0.6 is 0 Å². The van der Waals surface area contributed by atoms with Gasteiger partial charge >= 0.3 is 0 Å². The fourth-order valence-corrected chi connectivity index (χ4v) is 2.44. The fourth-order valence-electron chi connectivity index (χ4n) is 2.44. The maximum atomic E-state index is 11.9. The highest BCUT2D eigenvalue weighted by molar-refractivity contribution is 5.87. The topological polar surface area (TPSA) is 84.2 Å². The lowest BCUT2D eigenvalue weighted by atomic mass is 9.80. The summed E-state index contributed by atoms with van der Waals surface area (Å²) < 4.78 is 0. The molecular weight excluding hydrogens is 230 g/mol. The van der Waals surface area contributed by atoms with E-state index in [0.29, 0.717) is 13.0 Å². The lowest BCUT2D eigenvalue weighted by molar-refractivity contribution is -0.129. The number of hydrogen-bond donors (Lipinski definition) is 3. The van der Waals surface area contributed by atoms with E-state index in [4.69, 9.17) is 5.73 Å². The summed E-state index contributed by atoms with van der Waals surface area (Å²) >= 11 is 0. The van der Waals surface area contributed by atoms with Gasteiger partial charge in [-0.2, -0.15) is 0 Å². The molecule has 5 heteroatoms. The minimum Gasteiger partial charge on any atom is -0.355 e. The van der Waals surface area contributed by atoms with Crippen LogP contribution in [0.3, 0.4) is 0 Å². The lowest BCUT2D eigenvalue weighted by Crippen LogP contribution is -2.50. The average Bonchev–Trinajstić information content (AvgIpc) is 2.29. The first-order valence-electron chi connectivity index (χ1n) is 6.83. The van der Waals surface area contributed by atoms with E-state index in [2.05, 4.69) is 10.6 Å². The molecule has 1 rings (SSSR count). The zero-order valence-electron chi connectivity index (χ0n) is 11.4. The first kappa shape index (κ1) is 15.0. The molecule has 1 aliphatic carbocycles. The Balaban J connectivity index is 2.38. The van der Waals surface area contributed by atoms with E-state index in [1.807, 2.05) is 6.92 Å². The van der Waals surface area contributed by atoms with Crippen molar-refractivity contribution in [3.63, 3.8) is 0 Å². The Bertz CT molecular complexity index is 299. The van der Waals surface area contributed by atoms with Gasteiger partial charge in [-0.3, -0.25) is 9.59 Å². The lowest BCUT2D eigenvalue weighted by Gasteiger charge is -2.33. The standard InChI is InChI=1S/C13H25N3O2/c1-3-15-12(18)10(2)16-11(17)9-13(14)7-5-4-6-8-13/h10H,3-9,14H2,1-2H3,(H,15,18)(H,16,17). The van der Waals surface area contributed by atoms with Crippen LogP contribution in [0.5, 0.6) is 0 Å². The van der Waals surface area contributed by atoms with E-state index in [-0.39, 0.29) is 17.4 Å². The molecule has 1 saturated carbocycles. The number of amides is 2. The number of carbonyl (C=O) groups excluding carboxylic acids is 2. The van der Waals surface area contributed by atoms with E-state index in [1.54, 1.807) is 6.92 Å². The molecule has 0 saturated heterocycles. The number of hydrogen-bond acceptors (Lipinski definition) is 3. The number of nitrogens with two attached hydrogens (primary N) is 1. The van der Waals surface area contributed by atoms with E-state index >= 15 is 0 Å². The average molecular weight is 255 g/mol. The predicted molar refractivity (Wildman–Crippen MR) is 70.9 cm³/mol. The third-order valence-electron chi connectivity index (χ3n) is 3.48. The zero-order valence-corrected chi connectivity index (χ0v) is 11.4. The van der Waals surface area contributed by atoms with Gasteiger partial charge in [0, 0.05) is 18.5 Å². The van der Waals surface area contributed by atoms with Gasteiger partial charge in [-0.1, -0.05) is 19.3 Å². The van der Waals surface area contributed by atoms with Crippen molar-refractivity contribution >= 4 is 11.8 Å². The van der Waals surface area contributed by atoms with Crippen molar-refractivity contribution in [2.24, 2.45) is 5.73 Å². The third-order valence-corrected chi connectivity index (χ3v) is 3.48. The van der Waals surface area contributed by atoms with Crippen molar-refractivity contribution < 1.29 is 9.59 Å². The molecule has 5 nitrogen and oxygen atoms in total. The molecule has 18 heavy (non-hydrogen) atoms. The second kappa shape index (κ2) is 6.73. The Labute approximate surface area is 109 Å².